The summed E-state index contributed by atoms with van der Waals surface area (Å²) in [6.45, 7) is 3.98. The molecular formula is C19H34N6O2. The average Bonchev–Trinajstić information content (AvgIpc) is 3.30. The van der Waals surface area contributed by atoms with Crippen molar-refractivity contribution in [2.24, 2.45) is 4.99 Å². The topological polar surface area (TPSA) is 80.3 Å². The van der Waals surface area contributed by atoms with Crippen LogP contribution in [-0.2, 0) is 9.59 Å². The summed E-state index contributed by atoms with van der Waals surface area (Å²) in [5.41, 5.74) is 0. The Balaban J connectivity index is 1.51. The van der Waals surface area contributed by atoms with Crippen molar-refractivity contribution in [2.75, 3.05) is 53.4 Å². The molecule has 2 N–H and O–H groups in total. The zero-order valence-electron chi connectivity index (χ0n) is 16.7. The van der Waals surface area contributed by atoms with Crippen LogP contribution in [0.5, 0.6) is 0 Å². The van der Waals surface area contributed by atoms with Crippen LogP contribution in [0.3, 0.4) is 0 Å². The van der Waals surface area contributed by atoms with E-state index in [2.05, 4.69) is 25.4 Å². The Morgan fingerprint density at radius 1 is 0.963 bits per heavy atom. The maximum Gasteiger partial charge on any atom is 0.243 e. The van der Waals surface area contributed by atoms with Gasteiger partial charge < -0.3 is 20.4 Å². The van der Waals surface area contributed by atoms with Crippen LogP contribution in [0, 0.1) is 0 Å². The van der Waals surface area contributed by atoms with Gasteiger partial charge in [-0.2, -0.15) is 0 Å². The molecule has 27 heavy (non-hydrogen) atoms. The molecule has 152 valence electrons. The van der Waals surface area contributed by atoms with Gasteiger partial charge >= 0.3 is 0 Å². The lowest BCUT2D eigenvalue weighted by atomic mass is 10.2. The molecule has 2 amide bonds. The maximum atomic E-state index is 12.0. The van der Waals surface area contributed by atoms with Crippen LogP contribution in [0.25, 0.3) is 0 Å². The Bertz CT molecular complexity index is 546. The number of amides is 2. The molecule has 3 fully saturated rings. The van der Waals surface area contributed by atoms with Gasteiger partial charge in [-0.1, -0.05) is 12.8 Å². The van der Waals surface area contributed by atoms with Gasteiger partial charge in [0.05, 0.1) is 6.54 Å². The molecule has 2 saturated carbocycles. The fraction of sp³-hybridized carbons (Fsp3) is 0.842. The second kappa shape index (κ2) is 9.39. The second-order valence-corrected chi connectivity index (χ2v) is 8.16. The number of guanidine groups is 1. The van der Waals surface area contributed by atoms with E-state index in [-0.39, 0.29) is 18.4 Å². The third-order valence-corrected chi connectivity index (χ3v) is 5.53. The third-order valence-electron chi connectivity index (χ3n) is 5.53. The molecule has 2 aliphatic carbocycles. The normalized spacial score (nSPS) is 22.0. The van der Waals surface area contributed by atoms with Crippen LogP contribution in [0.4, 0.5) is 0 Å². The summed E-state index contributed by atoms with van der Waals surface area (Å²) in [4.78, 5) is 34.6. The second-order valence-electron chi connectivity index (χ2n) is 8.16. The predicted molar refractivity (Wildman–Crippen MR) is 106 cm³/mol. The summed E-state index contributed by atoms with van der Waals surface area (Å²) < 4.78 is 0. The largest absolute Gasteiger partial charge is 0.353 e. The number of hydrogen-bond donors (Lipinski definition) is 2. The molecule has 3 aliphatic rings. The first-order chi connectivity index (χ1) is 13.0. The third kappa shape index (κ3) is 6.37. The van der Waals surface area contributed by atoms with Gasteiger partial charge in [-0.05, 0) is 25.7 Å². The van der Waals surface area contributed by atoms with E-state index < -0.39 is 0 Å². The van der Waals surface area contributed by atoms with Gasteiger partial charge in [0.15, 0.2) is 5.96 Å². The summed E-state index contributed by atoms with van der Waals surface area (Å²) in [5.74, 6) is 0.996. The lowest BCUT2D eigenvalue weighted by Crippen LogP contribution is -2.55. The summed E-state index contributed by atoms with van der Waals surface area (Å²) >= 11 is 0. The highest BCUT2D eigenvalue weighted by Crippen LogP contribution is 2.19. The van der Waals surface area contributed by atoms with Crippen molar-refractivity contribution in [3.63, 3.8) is 0 Å². The number of carbonyl (C=O) groups excluding carboxylic acids is 2. The number of nitrogens with zero attached hydrogens (tertiary/aromatic N) is 4. The van der Waals surface area contributed by atoms with Gasteiger partial charge in [-0.15, -0.1) is 0 Å². The highest BCUT2D eigenvalue weighted by molar-refractivity contribution is 5.85. The molecule has 1 saturated heterocycles. The van der Waals surface area contributed by atoms with E-state index >= 15 is 0 Å². The number of nitrogens with one attached hydrogen (secondary N) is 2. The van der Waals surface area contributed by atoms with E-state index in [4.69, 9.17) is 0 Å². The number of hydrogen-bond acceptors (Lipinski definition) is 4. The molecule has 8 heteroatoms. The minimum atomic E-state index is 0.0103. The van der Waals surface area contributed by atoms with Crippen molar-refractivity contribution in [3.05, 3.63) is 0 Å². The lowest BCUT2D eigenvalue weighted by molar-refractivity contribution is -0.127. The molecule has 0 radical (unpaired) electrons. The molecule has 0 unspecified atom stereocenters. The van der Waals surface area contributed by atoms with Crippen molar-refractivity contribution in [2.45, 2.75) is 50.6 Å². The number of aliphatic imine (C=N–C) groups is 1. The zero-order chi connectivity index (χ0) is 19.2. The molecule has 1 aliphatic heterocycles. The van der Waals surface area contributed by atoms with Crippen molar-refractivity contribution < 1.29 is 9.59 Å². The fourth-order valence-corrected chi connectivity index (χ4v) is 3.60. The quantitative estimate of drug-likeness (QED) is 0.497. The minimum absolute atomic E-state index is 0.0103. The molecule has 8 nitrogen and oxygen atoms in total. The molecule has 1 heterocycles. The Morgan fingerprint density at radius 2 is 1.59 bits per heavy atom. The number of rotatable bonds is 6. The van der Waals surface area contributed by atoms with Crippen LogP contribution in [-0.4, -0.2) is 97.9 Å². The predicted octanol–water partition coefficient (Wildman–Crippen LogP) is -0.141. The lowest BCUT2D eigenvalue weighted by Gasteiger charge is -2.37. The zero-order valence-corrected chi connectivity index (χ0v) is 16.7. The molecule has 3 rings (SSSR count). The van der Waals surface area contributed by atoms with Gasteiger partial charge in [0.25, 0.3) is 0 Å². The van der Waals surface area contributed by atoms with Crippen LogP contribution in [0.2, 0.25) is 0 Å². The van der Waals surface area contributed by atoms with Crippen molar-refractivity contribution >= 4 is 17.8 Å². The minimum Gasteiger partial charge on any atom is -0.353 e. The monoisotopic (exact) mass is 378 g/mol. The Morgan fingerprint density at radius 3 is 2.19 bits per heavy atom. The summed E-state index contributed by atoms with van der Waals surface area (Å²) in [6, 6.07) is 0.878. The van der Waals surface area contributed by atoms with Gasteiger partial charge in [0.1, 0.15) is 6.54 Å². The van der Waals surface area contributed by atoms with Crippen LogP contribution in [0.1, 0.15) is 38.5 Å². The first-order valence-electron chi connectivity index (χ1n) is 10.3. The number of carbonyl (C=O) groups is 2. The van der Waals surface area contributed by atoms with E-state index in [0.29, 0.717) is 18.6 Å². The molecule has 0 spiro atoms. The van der Waals surface area contributed by atoms with E-state index in [1.54, 1.807) is 19.0 Å². The summed E-state index contributed by atoms with van der Waals surface area (Å²) in [6.07, 6.45) is 7.09. The van der Waals surface area contributed by atoms with Crippen LogP contribution >= 0.6 is 0 Å². The number of likely N-dealkylation sites (N-methyl/N-ethyl adjacent to an activating group) is 1. The first-order valence-corrected chi connectivity index (χ1v) is 10.3. The van der Waals surface area contributed by atoms with Gasteiger partial charge in [-0.25, -0.2) is 4.99 Å². The maximum absolute atomic E-state index is 12.0. The molecular weight excluding hydrogens is 344 g/mol. The highest BCUT2D eigenvalue weighted by Gasteiger charge is 2.27. The molecule has 0 aromatic rings. The van der Waals surface area contributed by atoms with Gasteiger partial charge in [0.2, 0.25) is 11.8 Å². The Labute approximate surface area is 162 Å². The van der Waals surface area contributed by atoms with E-state index in [0.717, 1.165) is 45.0 Å². The van der Waals surface area contributed by atoms with E-state index in [9.17, 15) is 9.59 Å². The summed E-state index contributed by atoms with van der Waals surface area (Å²) in [7, 11) is 3.51. The SMILES string of the molecule is CN(C)C(=O)CN=C(NC1CCCC1)N1CCN(CC(=O)NC2CC2)CC1. The standard InChI is InChI=1S/C19H34N6O2/c1-23(2)18(27)13-20-19(22-15-5-3-4-6-15)25-11-9-24(10-12-25)14-17(26)21-16-7-8-16/h15-16H,3-14H2,1-2H3,(H,20,22)(H,21,26). The fourth-order valence-electron chi connectivity index (χ4n) is 3.60. The highest BCUT2D eigenvalue weighted by atomic mass is 16.2. The van der Waals surface area contributed by atoms with E-state index in [1.807, 2.05) is 0 Å². The first kappa shape index (κ1) is 19.9. The molecule has 0 bridgehead atoms. The van der Waals surface area contributed by atoms with Crippen molar-refractivity contribution in [1.82, 2.24) is 25.3 Å². The smallest absolute Gasteiger partial charge is 0.243 e. The molecule has 0 aromatic heterocycles. The van der Waals surface area contributed by atoms with Crippen molar-refractivity contribution in [3.8, 4) is 0 Å². The Hall–Kier alpha value is -1.83. The van der Waals surface area contributed by atoms with E-state index in [1.165, 1.54) is 25.7 Å². The number of piperazine rings is 1. The van der Waals surface area contributed by atoms with Crippen LogP contribution < -0.4 is 10.6 Å². The molecule has 0 atom stereocenters. The van der Waals surface area contributed by atoms with Gasteiger partial charge in [-0.3, -0.25) is 14.5 Å². The van der Waals surface area contributed by atoms with Gasteiger partial charge in [0, 0.05) is 52.4 Å². The Kier molecular flexibility index (Phi) is 6.93. The van der Waals surface area contributed by atoms with Crippen LogP contribution in [0.15, 0.2) is 4.99 Å². The molecule has 0 aromatic carbocycles. The summed E-state index contributed by atoms with van der Waals surface area (Å²) in [5, 5.41) is 6.63. The van der Waals surface area contributed by atoms with Crippen molar-refractivity contribution in [1.29, 1.82) is 0 Å². The average molecular weight is 379 g/mol.